The third-order valence-corrected chi connectivity index (χ3v) is 6.14. The van der Waals surface area contributed by atoms with Gasteiger partial charge in [0, 0.05) is 11.4 Å². The van der Waals surface area contributed by atoms with Gasteiger partial charge in [-0.2, -0.15) is 0 Å². The molecule has 3 rings (SSSR count). The highest BCUT2D eigenvalue weighted by molar-refractivity contribution is 8.01. The standard InChI is InChI=1S/C21H26N2O4S/c1-14(20(25)22-12-11-15-7-3-2-4-8-15)27-19(24)13-18-21(26)23-16-9-5-6-10-17(16)28-18/h5-7,9-10,14,18H,2-4,8,11-13H2,1H3,(H,22,25)(H,23,26)/t14-,18+/m0/s1. The van der Waals surface area contributed by atoms with Crippen LogP contribution in [-0.2, 0) is 19.1 Å². The van der Waals surface area contributed by atoms with Crippen molar-refractivity contribution in [1.29, 1.82) is 0 Å². The quantitative estimate of drug-likeness (QED) is 0.539. The Morgan fingerprint density at radius 3 is 2.93 bits per heavy atom. The Bertz CT molecular complexity index is 777. The van der Waals surface area contributed by atoms with Crippen molar-refractivity contribution in [1.82, 2.24) is 5.32 Å². The number of benzene rings is 1. The third-order valence-electron chi connectivity index (χ3n) is 4.87. The summed E-state index contributed by atoms with van der Waals surface area (Å²) in [6.07, 6.45) is 6.82. The number of anilines is 1. The molecule has 28 heavy (non-hydrogen) atoms. The first-order chi connectivity index (χ1) is 13.5. The summed E-state index contributed by atoms with van der Waals surface area (Å²) in [5, 5.41) is 5.06. The lowest BCUT2D eigenvalue weighted by Gasteiger charge is -2.23. The summed E-state index contributed by atoms with van der Waals surface area (Å²) in [6.45, 7) is 2.10. The Kier molecular flexibility index (Phi) is 7.14. The van der Waals surface area contributed by atoms with Crippen LogP contribution in [0.4, 0.5) is 5.69 Å². The van der Waals surface area contributed by atoms with Crippen molar-refractivity contribution in [3.05, 3.63) is 35.9 Å². The zero-order valence-corrected chi connectivity index (χ0v) is 16.8. The van der Waals surface area contributed by atoms with Gasteiger partial charge in [-0.25, -0.2) is 0 Å². The van der Waals surface area contributed by atoms with Crippen LogP contribution in [0.1, 0.15) is 45.4 Å². The number of rotatable bonds is 7. The van der Waals surface area contributed by atoms with Gasteiger partial charge in [-0.3, -0.25) is 14.4 Å². The molecule has 0 bridgehead atoms. The van der Waals surface area contributed by atoms with Crippen molar-refractivity contribution in [3.8, 4) is 0 Å². The molecule has 1 aliphatic heterocycles. The minimum atomic E-state index is -0.878. The van der Waals surface area contributed by atoms with Crippen LogP contribution in [0, 0.1) is 0 Å². The molecular weight excluding hydrogens is 376 g/mol. The first kappa shape index (κ1) is 20.5. The Morgan fingerprint density at radius 1 is 1.32 bits per heavy atom. The van der Waals surface area contributed by atoms with Crippen LogP contribution >= 0.6 is 11.8 Å². The molecule has 0 saturated carbocycles. The average Bonchev–Trinajstić information content (AvgIpc) is 2.69. The second-order valence-corrected chi connectivity index (χ2v) is 8.32. The van der Waals surface area contributed by atoms with Gasteiger partial charge in [0.25, 0.3) is 5.91 Å². The number of fused-ring (bicyclic) bond motifs is 1. The van der Waals surface area contributed by atoms with Crippen LogP contribution in [0.15, 0.2) is 40.8 Å². The van der Waals surface area contributed by atoms with E-state index in [2.05, 4.69) is 16.7 Å². The number of hydrogen-bond donors (Lipinski definition) is 2. The SMILES string of the molecule is C[C@H](OC(=O)C[C@H]1Sc2ccccc2NC1=O)C(=O)NCCC1=CCCCC1. The zero-order chi connectivity index (χ0) is 19.9. The number of allylic oxidation sites excluding steroid dienone is 1. The number of para-hydroxylation sites is 1. The summed E-state index contributed by atoms with van der Waals surface area (Å²) in [6, 6.07) is 7.45. The van der Waals surface area contributed by atoms with E-state index in [0.29, 0.717) is 6.54 Å². The van der Waals surface area contributed by atoms with E-state index >= 15 is 0 Å². The van der Waals surface area contributed by atoms with Crippen LogP contribution in [0.3, 0.4) is 0 Å². The van der Waals surface area contributed by atoms with Crippen molar-refractivity contribution >= 4 is 35.2 Å². The third kappa shape index (κ3) is 5.61. The molecule has 6 nitrogen and oxygen atoms in total. The fourth-order valence-electron chi connectivity index (χ4n) is 3.30. The molecule has 1 aromatic rings. The maximum atomic E-state index is 12.2. The van der Waals surface area contributed by atoms with Crippen LogP contribution in [0.25, 0.3) is 0 Å². The van der Waals surface area contributed by atoms with Crippen LogP contribution < -0.4 is 10.6 Å². The van der Waals surface area contributed by atoms with E-state index in [0.717, 1.165) is 29.8 Å². The molecule has 1 aromatic carbocycles. The topological polar surface area (TPSA) is 84.5 Å². The maximum absolute atomic E-state index is 12.2. The zero-order valence-electron chi connectivity index (χ0n) is 16.0. The summed E-state index contributed by atoms with van der Waals surface area (Å²) in [5.74, 6) is -1.08. The molecule has 7 heteroatoms. The highest BCUT2D eigenvalue weighted by atomic mass is 32.2. The fourth-order valence-corrected chi connectivity index (χ4v) is 4.39. The number of ether oxygens (including phenoxy) is 1. The van der Waals surface area contributed by atoms with E-state index in [4.69, 9.17) is 4.74 Å². The predicted octanol–water partition coefficient (Wildman–Crippen LogP) is 3.43. The number of thioether (sulfide) groups is 1. The van der Waals surface area contributed by atoms with E-state index < -0.39 is 17.3 Å². The summed E-state index contributed by atoms with van der Waals surface area (Å²) < 4.78 is 5.23. The number of hydrogen-bond acceptors (Lipinski definition) is 5. The van der Waals surface area contributed by atoms with Crippen molar-refractivity contribution < 1.29 is 19.1 Å². The lowest BCUT2D eigenvalue weighted by atomic mass is 9.97. The van der Waals surface area contributed by atoms with Crippen LogP contribution in [-0.4, -0.2) is 35.7 Å². The molecule has 2 aliphatic rings. The molecule has 0 spiro atoms. The summed E-state index contributed by atoms with van der Waals surface area (Å²) in [4.78, 5) is 37.4. The second kappa shape index (κ2) is 9.78. The van der Waals surface area contributed by atoms with Gasteiger partial charge in [0.1, 0.15) is 0 Å². The maximum Gasteiger partial charge on any atom is 0.308 e. The van der Waals surface area contributed by atoms with Gasteiger partial charge in [-0.05, 0) is 51.2 Å². The monoisotopic (exact) mass is 402 g/mol. The lowest BCUT2D eigenvalue weighted by Crippen LogP contribution is -2.38. The van der Waals surface area contributed by atoms with Gasteiger partial charge in [0.05, 0.1) is 17.4 Å². The molecule has 0 aromatic heterocycles. The molecular formula is C21H26N2O4S. The predicted molar refractivity (Wildman–Crippen MR) is 109 cm³/mol. The first-order valence-electron chi connectivity index (χ1n) is 9.74. The van der Waals surface area contributed by atoms with Gasteiger partial charge < -0.3 is 15.4 Å². The number of nitrogens with one attached hydrogen (secondary N) is 2. The fraction of sp³-hybridized carbons (Fsp3) is 0.476. The largest absolute Gasteiger partial charge is 0.453 e. The van der Waals surface area contributed by atoms with Gasteiger partial charge in [0.15, 0.2) is 6.10 Å². The lowest BCUT2D eigenvalue weighted by molar-refractivity contribution is -0.155. The van der Waals surface area contributed by atoms with E-state index in [1.807, 2.05) is 24.3 Å². The first-order valence-corrected chi connectivity index (χ1v) is 10.6. The normalized spacial score (nSPS) is 19.7. The molecule has 0 saturated heterocycles. The van der Waals surface area contributed by atoms with Gasteiger partial charge in [-0.15, -0.1) is 11.8 Å². The molecule has 0 unspecified atom stereocenters. The number of esters is 1. The van der Waals surface area contributed by atoms with Gasteiger partial charge >= 0.3 is 5.97 Å². The van der Waals surface area contributed by atoms with Crippen molar-refractivity contribution in [2.75, 3.05) is 11.9 Å². The molecule has 2 amide bonds. The summed E-state index contributed by atoms with van der Waals surface area (Å²) in [7, 11) is 0. The number of amides is 2. The Morgan fingerprint density at radius 2 is 2.14 bits per heavy atom. The number of carbonyl (C=O) groups excluding carboxylic acids is 3. The van der Waals surface area contributed by atoms with Crippen molar-refractivity contribution in [2.45, 2.75) is 61.7 Å². The van der Waals surface area contributed by atoms with Crippen LogP contribution in [0.5, 0.6) is 0 Å². The molecule has 2 N–H and O–H groups in total. The number of carbonyl (C=O) groups is 3. The summed E-state index contributed by atoms with van der Waals surface area (Å²) >= 11 is 1.34. The minimum absolute atomic E-state index is 0.0741. The van der Waals surface area contributed by atoms with Crippen LogP contribution in [0.2, 0.25) is 0 Å². The molecule has 1 aliphatic carbocycles. The molecule has 0 radical (unpaired) electrons. The minimum Gasteiger partial charge on any atom is -0.453 e. The smallest absolute Gasteiger partial charge is 0.308 e. The second-order valence-electron chi connectivity index (χ2n) is 7.08. The van der Waals surface area contributed by atoms with Gasteiger partial charge in [0.2, 0.25) is 5.91 Å². The van der Waals surface area contributed by atoms with Gasteiger partial charge in [-0.1, -0.05) is 23.8 Å². The highest BCUT2D eigenvalue weighted by Crippen LogP contribution is 2.36. The molecule has 150 valence electrons. The Balaban J connectivity index is 1.42. The summed E-state index contributed by atoms with van der Waals surface area (Å²) in [5.41, 5.74) is 2.14. The Hall–Kier alpha value is -2.28. The van der Waals surface area contributed by atoms with E-state index in [1.165, 1.54) is 30.2 Å². The molecule has 1 heterocycles. The average molecular weight is 403 g/mol. The van der Waals surface area contributed by atoms with Crippen molar-refractivity contribution in [3.63, 3.8) is 0 Å². The van der Waals surface area contributed by atoms with Crippen molar-refractivity contribution in [2.24, 2.45) is 0 Å². The highest BCUT2D eigenvalue weighted by Gasteiger charge is 2.30. The molecule has 2 atom stereocenters. The van der Waals surface area contributed by atoms with E-state index in [9.17, 15) is 14.4 Å². The molecule has 0 fully saturated rings. The van der Waals surface area contributed by atoms with E-state index in [-0.39, 0.29) is 18.2 Å². The van der Waals surface area contributed by atoms with E-state index in [1.54, 1.807) is 6.92 Å². The Labute approximate surface area is 169 Å².